The standard InChI is InChI=1S/C14H16BrNO4S/c1-14(13(17)18,21(2)19)8-11-7-12(16-20-11)9-3-5-10(15)6-4-9/h3-6,11H,7-8H2,1-2H3,(H,17,18). The lowest BCUT2D eigenvalue weighted by Crippen LogP contribution is -2.42. The second-order valence-electron chi connectivity index (χ2n) is 5.17. The third-order valence-corrected chi connectivity index (χ3v) is 5.75. The van der Waals surface area contributed by atoms with Crippen LogP contribution >= 0.6 is 15.9 Å². The maximum Gasteiger partial charge on any atom is 0.322 e. The number of benzene rings is 1. The number of carboxylic acids is 1. The van der Waals surface area contributed by atoms with Gasteiger partial charge in [0, 0.05) is 34.4 Å². The zero-order valence-electron chi connectivity index (χ0n) is 11.7. The zero-order valence-corrected chi connectivity index (χ0v) is 14.1. The van der Waals surface area contributed by atoms with Crippen molar-refractivity contribution < 1.29 is 18.9 Å². The van der Waals surface area contributed by atoms with E-state index in [2.05, 4.69) is 21.1 Å². The summed E-state index contributed by atoms with van der Waals surface area (Å²) in [5.41, 5.74) is 1.72. The Kier molecular flexibility index (Phi) is 4.83. The van der Waals surface area contributed by atoms with Crippen LogP contribution in [0, 0.1) is 0 Å². The highest BCUT2D eigenvalue weighted by Gasteiger charge is 2.42. The first-order valence-electron chi connectivity index (χ1n) is 6.38. The Morgan fingerprint density at radius 1 is 1.52 bits per heavy atom. The van der Waals surface area contributed by atoms with Gasteiger partial charge in [-0.25, -0.2) is 0 Å². The van der Waals surface area contributed by atoms with E-state index in [0.29, 0.717) is 6.42 Å². The summed E-state index contributed by atoms with van der Waals surface area (Å²) in [7, 11) is -1.49. The first-order valence-corrected chi connectivity index (χ1v) is 8.73. The van der Waals surface area contributed by atoms with E-state index in [0.717, 1.165) is 15.7 Å². The summed E-state index contributed by atoms with van der Waals surface area (Å²) in [4.78, 5) is 16.7. The van der Waals surface area contributed by atoms with E-state index in [-0.39, 0.29) is 12.5 Å². The molecule has 1 aromatic carbocycles. The largest absolute Gasteiger partial charge is 0.480 e. The monoisotopic (exact) mass is 373 g/mol. The quantitative estimate of drug-likeness (QED) is 0.860. The first-order chi connectivity index (χ1) is 9.83. The van der Waals surface area contributed by atoms with Gasteiger partial charge in [0.25, 0.3) is 0 Å². The summed E-state index contributed by atoms with van der Waals surface area (Å²) in [6.45, 7) is 1.48. The fourth-order valence-electron chi connectivity index (χ4n) is 2.11. The summed E-state index contributed by atoms with van der Waals surface area (Å²) in [6.07, 6.45) is 1.71. The van der Waals surface area contributed by atoms with E-state index in [1.807, 2.05) is 24.3 Å². The van der Waals surface area contributed by atoms with Crippen LogP contribution in [0.1, 0.15) is 25.3 Å². The highest BCUT2D eigenvalue weighted by molar-refractivity contribution is 9.10. The number of carboxylic acid groups (broad SMARTS) is 1. The van der Waals surface area contributed by atoms with Gasteiger partial charge < -0.3 is 9.94 Å². The fourth-order valence-corrected chi connectivity index (χ4v) is 3.04. The van der Waals surface area contributed by atoms with Crippen LogP contribution in [0.2, 0.25) is 0 Å². The summed E-state index contributed by atoms with van der Waals surface area (Å²) < 4.78 is 11.4. The van der Waals surface area contributed by atoms with E-state index in [4.69, 9.17) is 4.84 Å². The van der Waals surface area contributed by atoms with Crippen LogP contribution < -0.4 is 0 Å². The Labute approximate surface area is 134 Å². The van der Waals surface area contributed by atoms with Gasteiger partial charge in [-0.05, 0) is 24.6 Å². The normalized spacial score (nSPS) is 22.0. The molecule has 0 fully saturated rings. The predicted molar refractivity (Wildman–Crippen MR) is 84.9 cm³/mol. The number of oxime groups is 1. The van der Waals surface area contributed by atoms with E-state index in [1.54, 1.807) is 0 Å². The maximum atomic E-state index is 11.7. The van der Waals surface area contributed by atoms with Crippen molar-refractivity contribution in [2.75, 3.05) is 6.26 Å². The zero-order chi connectivity index (χ0) is 15.6. The Morgan fingerprint density at radius 3 is 2.67 bits per heavy atom. The summed E-state index contributed by atoms with van der Waals surface area (Å²) in [5, 5.41) is 13.3. The van der Waals surface area contributed by atoms with E-state index >= 15 is 0 Å². The molecule has 114 valence electrons. The van der Waals surface area contributed by atoms with E-state index in [9.17, 15) is 14.1 Å². The molecule has 0 saturated carbocycles. The van der Waals surface area contributed by atoms with Crippen molar-refractivity contribution in [2.24, 2.45) is 5.16 Å². The summed E-state index contributed by atoms with van der Waals surface area (Å²) >= 11 is 3.37. The molecule has 7 heteroatoms. The van der Waals surface area contributed by atoms with Crippen LogP contribution in [0.5, 0.6) is 0 Å². The van der Waals surface area contributed by atoms with Crippen LogP contribution in [-0.4, -0.2) is 38.1 Å². The number of hydrogen-bond acceptors (Lipinski definition) is 4. The lowest BCUT2D eigenvalue weighted by atomic mass is 9.97. The topological polar surface area (TPSA) is 76.0 Å². The molecule has 1 aromatic rings. The molecule has 0 radical (unpaired) electrons. The number of aliphatic carboxylic acids is 1. The molecule has 0 aromatic heterocycles. The van der Waals surface area contributed by atoms with Crippen LogP contribution in [0.4, 0.5) is 0 Å². The maximum absolute atomic E-state index is 11.7. The van der Waals surface area contributed by atoms with Gasteiger partial charge in [-0.15, -0.1) is 0 Å². The minimum Gasteiger partial charge on any atom is -0.480 e. The van der Waals surface area contributed by atoms with Crippen LogP contribution in [0.25, 0.3) is 0 Å². The second kappa shape index (κ2) is 6.27. The van der Waals surface area contributed by atoms with Gasteiger partial charge in [0.15, 0.2) is 0 Å². The van der Waals surface area contributed by atoms with Gasteiger partial charge in [-0.3, -0.25) is 9.00 Å². The van der Waals surface area contributed by atoms with Gasteiger partial charge in [-0.2, -0.15) is 0 Å². The molecule has 3 unspecified atom stereocenters. The number of halogens is 1. The molecule has 1 N–H and O–H groups in total. The molecule has 3 atom stereocenters. The van der Waals surface area contributed by atoms with E-state index in [1.165, 1.54) is 13.2 Å². The Morgan fingerprint density at radius 2 is 2.14 bits per heavy atom. The average molecular weight is 374 g/mol. The minimum atomic E-state index is -1.49. The van der Waals surface area contributed by atoms with Gasteiger partial charge in [-0.1, -0.05) is 33.2 Å². The van der Waals surface area contributed by atoms with Crippen molar-refractivity contribution >= 4 is 38.4 Å². The average Bonchev–Trinajstić information content (AvgIpc) is 2.87. The molecular formula is C14H16BrNO4S. The molecule has 0 aliphatic carbocycles. The highest BCUT2D eigenvalue weighted by Crippen LogP contribution is 2.28. The third-order valence-electron chi connectivity index (χ3n) is 3.61. The van der Waals surface area contributed by atoms with Gasteiger partial charge in [0.1, 0.15) is 10.9 Å². The molecule has 0 spiro atoms. The fraction of sp³-hybridized carbons (Fsp3) is 0.429. The van der Waals surface area contributed by atoms with Gasteiger partial charge in [0.05, 0.1) is 5.71 Å². The molecule has 1 aliphatic rings. The molecule has 0 amide bonds. The molecule has 2 rings (SSSR count). The predicted octanol–water partition coefficient (Wildman–Crippen LogP) is 2.55. The number of rotatable bonds is 5. The summed E-state index contributed by atoms with van der Waals surface area (Å²) in [6, 6.07) is 7.66. The van der Waals surface area contributed by atoms with Crippen molar-refractivity contribution in [3.05, 3.63) is 34.3 Å². The molecular weight excluding hydrogens is 358 g/mol. The van der Waals surface area contributed by atoms with Crippen LogP contribution in [0.3, 0.4) is 0 Å². The third kappa shape index (κ3) is 3.52. The number of hydrogen-bond donors (Lipinski definition) is 1. The first kappa shape index (κ1) is 16.2. The molecule has 1 aliphatic heterocycles. The minimum absolute atomic E-state index is 0.162. The molecule has 5 nitrogen and oxygen atoms in total. The lowest BCUT2D eigenvalue weighted by molar-refractivity contribution is -0.140. The van der Waals surface area contributed by atoms with Crippen molar-refractivity contribution in [1.29, 1.82) is 0 Å². The Hall–Kier alpha value is -1.21. The Balaban J connectivity index is 2.06. The molecule has 1 heterocycles. The van der Waals surface area contributed by atoms with Crippen LogP contribution in [-0.2, 0) is 20.4 Å². The lowest BCUT2D eigenvalue weighted by Gasteiger charge is -2.24. The smallest absolute Gasteiger partial charge is 0.322 e. The van der Waals surface area contributed by atoms with Gasteiger partial charge >= 0.3 is 5.97 Å². The second-order valence-corrected chi connectivity index (χ2v) is 7.90. The number of carbonyl (C=O) groups is 1. The van der Waals surface area contributed by atoms with Crippen molar-refractivity contribution in [3.8, 4) is 0 Å². The van der Waals surface area contributed by atoms with E-state index < -0.39 is 21.5 Å². The van der Waals surface area contributed by atoms with Crippen molar-refractivity contribution in [3.63, 3.8) is 0 Å². The van der Waals surface area contributed by atoms with Crippen LogP contribution in [0.15, 0.2) is 33.9 Å². The summed E-state index contributed by atoms with van der Waals surface area (Å²) in [5.74, 6) is -1.08. The van der Waals surface area contributed by atoms with Gasteiger partial charge in [0.2, 0.25) is 0 Å². The SMILES string of the molecule is CS(=O)C(C)(CC1CC(c2ccc(Br)cc2)=NO1)C(=O)O. The van der Waals surface area contributed by atoms with Crippen molar-refractivity contribution in [1.82, 2.24) is 0 Å². The molecule has 0 bridgehead atoms. The molecule has 21 heavy (non-hydrogen) atoms. The Bertz CT molecular complexity index is 585. The highest BCUT2D eigenvalue weighted by atomic mass is 79.9. The number of nitrogens with zero attached hydrogens (tertiary/aromatic N) is 1. The molecule has 0 saturated heterocycles. The van der Waals surface area contributed by atoms with Crippen molar-refractivity contribution in [2.45, 2.75) is 30.6 Å².